The molecule has 3 heterocycles. The Morgan fingerprint density at radius 1 is 1.06 bits per heavy atom. The van der Waals surface area contributed by atoms with Crippen LogP contribution in [0.4, 0.5) is 0 Å². The summed E-state index contributed by atoms with van der Waals surface area (Å²) in [6.45, 7) is 1.73. The number of hydrogen-bond donors (Lipinski definition) is 0. The second-order valence-corrected chi connectivity index (χ2v) is 9.63. The minimum Gasteiger partial charge on any atom is -0.492 e. The lowest BCUT2D eigenvalue weighted by Crippen LogP contribution is -2.47. The van der Waals surface area contributed by atoms with Crippen LogP contribution in [0.2, 0.25) is 0 Å². The van der Waals surface area contributed by atoms with Crippen LogP contribution in [-0.4, -0.2) is 65.0 Å². The third-order valence-corrected chi connectivity index (χ3v) is 7.22. The number of fused-ring (bicyclic) bond motifs is 1. The molecule has 0 N–H and O–H groups in total. The van der Waals surface area contributed by atoms with Gasteiger partial charge in [0.05, 0.1) is 30.9 Å². The lowest BCUT2D eigenvalue weighted by atomic mass is 9.94. The first-order valence-electron chi connectivity index (χ1n) is 12.5. The van der Waals surface area contributed by atoms with Crippen molar-refractivity contribution in [2.45, 2.75) is 57.3 Å². The molecule has 1 saturated carbocycles. The predicted molar refractivity (Wildman–Crippen MR) is 127 cm³/mol. The van der Waals surface area contributed by atoms with E-state index in [4.69, 9.17) is 9.47 Å². The van der Waals surface area contributed by atoms with Gasteiger partial charge in [-0.25, -0.2) is 0 Å². The van der Waals surface area contributed by atoms with Crippen LogP contribution in [0, 0.1) is 5.92 Å². The molecule has 7 nitrogen and oxygen atoms in total. The summed E-state index contributed by atoms with van der Waals surface area (Å²) in [5, 5.41) is 0. The number of aromatic nitrogens is 1. The molecule has 0 spiro atoms. The van der Waals surface area contributed by atoms with Gasteiger partial charge in [0.2, 0.25) is 11.8 Å². The second kappa shape index (κ2) is 10.6. The predicted octanol–water partition coefficient (Wildman–Crippen LogP) is 3.22. The molecule has 2 aromatic rings. The molecule has 1 aliphatic carbocycles. The molecule has 0 radical (unpaired) electrons. The fourth-order valence-electron chi connectivity index (χ4n) is 5.39. The van der Waals surface area contributed by atoms with Crippen molar-refractivity contribution in [1.82, 2.24) is 14.8 Å². The van der Waals surface area contributed by atoms with Crippen molar-refractivity contribution >= 4 is 11.8 Å². The van der Waals surface area contributed by atoms with Crippen molar-refractivity contribution < 1.29 is 19.1 Å². The maximum atomic E-state index is 13.6. The summed E-state index contributed by atoms with van der Waals surface area (Å²) in [4.78, 5) is 35.0. The highest BCUT2D eigenvalue weighted by molar-refractivity contribution is 5.87. The molecule has 1 aromatic carbocycles. The fraction of sp³-hybridized carbons (Fsp3) is 0.519. The smallest absolute Gasteiger partial charge is 0.242 e. The maximum absolute atomic E-state index is 13.6. The van der Waals surface area contributed by atoms with Crippen LogP contribution in [0.5, 0.6) is 5.75 Å². The first-order chi connectivity index (χ1) is 16.7. The van der Waals surface area contributed by atoms with Gasteiger partial charge in [-0.1, -0.05) is 43.5 Å². The minimum atomic E-state index is -0.291. The number of para-hydroxylation sites is 1. The topological polar surface area (TPSA) is 72.0 Å². The normalized spacial score (nSPS) is 23.7. The first kappa shape index (κ1) is 22.8. The monoisotopic (exact) mass is 463 g/mol. The highest BCUT2D eigenvalue weighted by Gasteiger charge is 2.37. The Kier molecular flexibility index (Phi) is 7.09. The molecule has 180 valence electrons. The van der Waals surface area contributed by atoms with Gasteiger partial charge in [-0.15, -0.1) is 0 Å². The Bertz CT molecular complexity index is 992. The Hall–Kier alpha value is -2.93. The van der Waals surface area contributed by atoms with E-state index in [9.17, 15) is 9.59 Å². The van der Waals surface area contributed by atoms with Gasteiger partial charge < -0.3 is 19.3 Å². The number of benzene rings is 1. The lowest BCUT2D eigenvalue weighted by Gasteiger charge is -2.34. The van der Waals surface area contributed by atoms with E-state index in [1.165, 1.54) is 6.42 Å². The highest BCUT2D eigenvalue weighted by Crippen LogP contribution is 2.29. The Labute approximate surface area is 201 Å². The summed E-state index contributed by atoms with van der Waals surface area (Å²) in [5.74, 6) is 0.556. The molecule has 0 unspecified atom stereocenters. The van der Waals surface area contributed by atoms with E-state index >= 15 is 0 Å². The molecule has 1 aromatic heterocycles. The van der Waals surface area contributed by atoms with E-state index in [2.05, 4.69) is 4.98 Å². The van der Waals surface area contributed by atoms with Crippen LogP contribution in [0.15, 0.2) is 48.7 Å². The molecule has 0 bridgehead atoms. The van der Waals surface area contributed by atoms with Crippen molar-refractivity contribution in [3.8, 4) is 5.75 Å². The van der Waals surface area contributed by atoms with Gasteiger partial charge in [-0.05, 0) is 43.0 Å². The van der Waals surface area contributed by atoms with E-state index < -0.39 is 0 Å². The van der Waals surface area contributed by atoms with Crippen molar-refractivity contribution in [3.05, 3.63) is 59.9 Å². The SMILES string of the molecule is O=C([C@H]1COc2ccccc2C1)N1CC(=O)N(C2CCCCC2)C[C@H](OCc2ccccn2)C1. The van der Waals surface area contributed by atoms with Gasteiger partial charge in [0.25, 0.3) is 0 Å². The standard InChI is InChI=1S/C27H33N3O4/c31-26-17-29(27(32)21-14-20-8-4-5-12-25(20)34-18-21)15-24(33-19-22-9-6-7-13-28-22)16-30(26)23-10-2-1-3-11-23/h4-9,12-13,21,23-24H,1-3,10-11,14-19H2/t21-,24-/m1/s1. The number of hydrogen-bond acceptors (Lipinski definition) is 5. The largest absolute Gasteiger partial charge is 0.492 e. The summed E-state index contributed by atoms with van der Waals surface area (Å²) >= 11 is 0. The molecule has 2 aliphatic heterocycles. The van der Waals surface area contributed by atoms with Crippen LogP contribution in [0.1, 0.15) is 43.4 Å². The minimum absolute atomic E-state index is 0.0280. The average molecular weight is 464 g/mol. The number of amides is 2. The van der Waals surface area contributed by atoms with E-state index in [1.54, 1.807) is 11.1 Å². The third-order valence-electron chi connectivity index (χ3n) is 7.22. The van der Waals surface area contributed by atoms with Crippen molar-refractivity contribution in [2.75, 3.05) is 26.2 Å². The zero-order chi connectivity index (χ0) is 23.3. The van der Waals surface area contributed by atoms with Gasteiger partial charge >= 0.3 is 0 Å². The number of rotatable bonds is 5. The molecule has 3 aliphatic rings. The molecule has 1 saturated heterocycles. The summed E-state index contributed by atoms with van der Waals surface area (Å²) in [5.41, 5.74) is 1.89. The quantitative estimate of drug-likeness (QED) is 0.681. The fourth-order valence-corrected chi connectivity index (χ4v) is 5.39. The summed E-state index contributed by atoms with van der Waals surface area (Å²) < 4.78 is 12.1. The van der Waals surface area contributed by atoms with Gasteiger partial charge in [0, 0.05) is 25.3 Å². The van der Waals surface area contributed by atoms with E-state index in [0.717, 1.165) is 42.7 Å². The van der Waals surface area contributed by atoms with Crippen LogP contribution >= 0.6 is 0 Å². The molecule has 5 rings (SSSR count). The van der Waals surface area contributed by atoms with Crippen LogP contribution < -0.4 is 4.74 Å². The molecule has 2 amide bonds. The van der Waals surface area contributed by atoms with E-state index in [0.29, 0.717) is 32.7 Å². The van der Waals surface area contributed by atoms with E-state index in [1.807, 2.05) is 47.4 Å². The van der Waals surface area contributed by atoms with Crippen LogP contribution in [-0.2, 0) is 27.4 Å². The zero-order valence-electron chi connectivity index (χ0n) is 19.6. The number of pyridine rings is 1. The second-order valence-electron chi connectivity index (χ2n) is 9.63. The third kappa shape index (κ3) is 5.25. The van der Waals surface area contributed by atoms with Crippen LogP contribution in [0.25, 0.3) is 0 Å². The number of nitrogens with zero attached hydrogens (tertiary/aromatic N) is 3. The van der Waals surface area contributed by atoms with Gasteiger partial charge in [-0.3, -0.25) is 14.6 Å². The zero-order valence-corrected chi connectivity index (χ0v) is 19.6. The van der Waals surface area contributed by atoms with Crippen LogP contribution in [0.3, 0.4) is 0 Å². The lowest BCUT2D eigenvalue weighted by molar-refractivity contribution is -0.143. The summed E-state index contributed by atoms with van der Waals surface area (Å²) in [6.07, 6.45) is 7.71. The van der Waals surface area contributed by atoms with Gasteiger partial charge in [-0.2, -0.15) is 0 Å². The van der Waals surface area contributed by atoms with Crippen molar-refractivity contribution in [3.63, 3.8) is 0 Å². The van der Waals surface area contributed by atoms with E-state index in [-0.39, 0.29) is 36.4 Å². The molecular weight excluding hydrogens is 430 g/mol. The molecule has 34 heavy (non-hydrogen) atoms. The number of carbonyl (C=O) groups is 2. The highest BCUT2D eigenvalue weighted by atomic mass is 16.5. The Morgan fingerprint density at radius 3 is 2.71 bits per heavy atom. The summed E-state index contributed by atoms with van der Waals surface area (Å²) in [6, 6.07) is 13.8. The first-order valence-corrected chi connectivity index (χ1v) is 12.5. The van der Waals surface area contributed by atoms with Crippen molar-refractivity contribution in [2.24, 2.45) is 5.92 Å². The Balaban J connectivity index is 1.32. The summed E-state index contributed by atoms with van der Waals surface area (Å²) in [7, 11) is 0. The Morgan fingerprint density at radius 2 is 1.88 bits per heavy atom. The number of ether oxygens (including phenoxy) is 2. The molecule has 2 fully saturated rings. The molecule has 2 atom stereocenters. The van der Waals surface area contributed by atoms with Crippen molar-refractivity contribution in [1.29, 1.82) is 0 Å². The number of carbonyl (C=O) groups excluding carboxylic acids is 2. The molecular formula is C27H33N3O4. The van der Waals surface area contributed by atoms with Gasteiger partial charge in [0.15, 0.2) is 0 Å². The van der Waals surface area contributed by atoms with Gasteiger partial charge in [0.1, 0.15) is 12.4 Å². The average Bonchev–Trinajstić information content (AvgIpc) is 3.06. The maximum Gasteiger partial charge on any atom is 0.242 e. The molecule has 7 heteroatoms.